The lowest BCUT2D eigenvalue weighted by Crippen LogP contribution is -2.47. The molecule has 1 aromatic heterocycles. The topological polar surface area (TPSA) is 61.8 Å². The van der Waals surface area contributed by atoms with Crippen LogP contribution in [0, 0.1) is 11.3 Å². The lowest BCUT2D eigenvalue weighted by atomic mass is 9.74. The van der Waals surface area contributed by atoms with E-state index in [-0.39, 0.29) is 5.92 Å². The molecule has 1 aliphatic carbocycles. The fraction of sp³-hybridized carbons (Fsp3) is 0.529. The van der Waals surface area contributed by atoms with Gasteiger partial charge in [0.1, 0.15) is 5.60 Å². The maximum absolute atomic E-state index is 12.6. The number of hydrogen-bond acceptors (Lipinski definition) is 6. The van der Waals surface area contributed by atoms with Gasteiger partial charge in [-0.15, -0.1) is 11.3 Å². The Hall–Kier alpha value is -1.82. The van der Waals surface area contributed by atoms with Gasteiger partial charge >= 0.3 is 11.9 Å². The first kappa shape index (κ1) is 16.1. The summed E-state index contributed by atoms with van der Waals surface area (Å²) in [4.78, 5) is 26.4. The van der Waals surface area contributed by atoms with Crippen LogP contribution in [0.5, 0.6) is 0 Å². The zero-order chi connectivity index (χ0) is 16.8. The SMILES string of the molecule is COC(=O)C1(C(=O)OC)C[C@@H](c2cccs2)[C@@]2(C)OC(C)=C[C@@H]12. The van der Waals surface area contributed by atoms with E-state index in [1.165, 1.54) is 14.2 Å². The van der Waals surface area contributed by atoms with Crippen molar-refractivity contribution in [2.75, 3.05) is 14.2 Å². The van der Waals surface area contributed by atoms with Crippen LogP contribution in [0.1, 0.15) is 31.1 Å². The molecule has 0 saturated heterocycles. The van der Waals surface area contributed by atoms with Crippen molar-refractivity contribution < 1.29 is 23.8 Å². The molecule has 2 heterocycles. The van der Waals surface area contributed by atoms with Gasteiger partial charge in [-0.05, 0) is 37.8 Å². The first-order chi connectivity index (χ1) is 10.9. The Balaban J connectivity index is 2.17. The summed E-state index contributed by atoms with van der Waals surface area (Å²) in [5.74, 6) is -0.902. The number of allylic oxidation sites excluding steroid dienone is 1. The highest BCUT2D eigenvalue weighted by Crippen LogP contribution is 2.63. The first-order valence-corrected chi connectivity index (χ1v) is 8.35. The van der Waals surface area contributed by atoms with E-state index in [9.17, 15) is 9.59 Å². The first-order valence-electron chi connectivity index (χ1n) is 7.47. The zero-order valence-electron chi connectivity index (χ0n) is 13.6. The average Bonchev–Trinajstić information content (AvgIpc) is 3.20. The second kappa shape index (κ2) is 5.37. The van der Waals surface area contributed by atoms with Gasteiger partial charge in [0.2, 0.25) is 0 Å². The number of fused-ring (bicyclic) bond motifs is 1. The van der Waals surface area contributed by atoms with E-state index in [0.29, 0.717) is 6.42 Å². The minimum atomic E-state index is -1.37. The van der Waals surface area contributed by atoms with Crippen LogP contribution < -0.4 is 0 Å². The molecule has 0 bridgehead atoms. The number of methoxy groups -OCH3 is 2. The summed E-state index contributed by atoms with van der Waals surface area (Å²) >= 11 is 1.60. The minimum Gasteiger partial charge on any atom is -0.491 e. The maximum Gasteiger partial charge on any atom is 0.324 e. The van der Waals surface area contributed by atoms with E-state index < -0.39 is 28.9 Å². The molecule has 3 rings (SSSR count). The van der Waals surface area contributed by atoms with E-state index in [2.05, 4.69) is 0 Å². The van der Waals surface area contributed by atoms with Crippen LogP contribution in [0.25, 0.3) is 0 Å². The smallest absolute Gasteiger partial charge is 0.324 e. The highest BCUT2D eigenvalue weighted by molar-refractivity contribution is 7.10. The van der Waals surface area contributed by atoms with Crippen molar-refractivity contribution in [2.24, 2.45) is 11.3 Å². The molecule has 0 unspecified atom stereocenters. The van der Waals surface area contributed by atoms with Crippen molar-refractivity contribution in [2.45, 2.75) is 31.8 Å². The largest absolute Gasteiger partial charge is 0.491 e. The third-order valence-corrected chi connectivity index (χ3v) is 6.12. The van der Waals surface area contributed by atoms with Gasteiger partial charge in [0.15, 0.2) is 5.41 Å². The van der Waals surface area contributed by atoms with Crippen LogP contribution in [0.15, 0.2) is 29.3 Å². The van der Waals surface area contributed by atoms with Crippen molar-refractivity contribution >= 4 is 23.3 Å². The summed E-state index contributed by atoms with van der Waals surface area (Å²) in [5.41, 5.74) is -2.04. The number of carbonyl (C=O) groups excluding carboxylic acids is 2. The van der Waals surface area contributed by atoms with Crippen LogP contribution in [-0.2, 0) is 23.8 Å². The molecule has 0 aromatic carbocycles. The van der Waals surface area contributed by atoms with Gasteiger partial charge in [0.25, 0.3) is 0 Å². The van der Waals surface area contributed by atoms with Crippen molar-refractivity contribution in [3.63, 3.8) is 0 Å². The fourth-order valence-corrected chi connectivity index (χ4v) is 5.11. The predicted octanol–water partition coefficient (Wildman–Crippen LogP) is 2.88. The van der Waals surface area contributed by atoms with Gasteiger partial charge in [-0.3, -0.25) is 9.59 Å². The van der Waals surface area contributed by atoms with Crippen molar-refractivity contribution in [3.8, 4) is 0 Å². The van der Waals surface area contributed by atoms with Crippen LogP contribution in [-0.4, -0.2) is 31.8 Å². The van der Waals surface area contributed by atoms with E-state index >= 15 is 0 Å². The standard InChI is InChI=1S/C17H20O5S/c1-10-8-13-16(2,22-10)11(12-6-5-7-23-12)9-17(13,14(18)20-3)15(19)21-4/h5-8,11,13H,9H2,1-4H3/t11-,13+,16+/m0/s1. The van der Waals surface area contributed by atoms with E-state index in [0.717, 1.165) is 10.6 Å². The summed E-state index contributed by atoms with van der Waals surface area (Å²) in [6.07, 6.45) is 2.18. The van der Waals surface area contributed by atoms with Gasteiger partial charge in [0, 0.05) is 16.7 Å². The second-order valence-electron chi connectivity index (χ2n) is 6.27. The number of esters is 2. The Bertz CT molecular complexity index is 647. The van der Waals surface area contributed by atoms with E-state index in [1.807, 2.05) is 37.4 Å². The van der Waals surface area contributed by atoms with Crippen molar-refractivity contribution in [3.05, 3.63) is 34.2 Å². The summed E-state index contributed by atoms with van der Waals surface area (Å²) in [6.45, 7) is 3.80. The van der Waals surface area contributed by atoms with Gasteiger partial charge < -0.3 is 14.2 Å². The summed E-state index contributed by atoms with van der Waals surface area (Å²) in [6, 6.07) is 3.98. The molecule has 5 nitrogen and oxygen atoms in total. The second-order valence-corrected chi connectivity index (χ2v) is 7.25. The predicted molar refractivity (Wildman–Crippen MR) is 84.9 cm³/mol. The lowest BCUT2D eigenvalue weighted by molar-refractivity contribution is -0.172. The molecule has 124 valence electrons. The van der Waals surface area contributed by atoms with Gasteiger partial charge in [-0.25, -0.2) is 0 Å². The molecule has 0 spiro atoms. The van der Waals surface area contributed by atoms with Gasteiger partial charge in [-0.1, -0.05) is 6.07 Å². The summed E-state index contributed by atoms with van der Waals surface area (Å²) in [5, 5.41) is 1.99. The van der Waals surface area contributed by atoms with Gasteiger partial charge in [0.05, 0.1) is 20.0 Å². The molecule has 0 N–H and O–H groups in total. The molecule has 0 amide bonds. The van der Waals surface area contributed by atoms with E-state index in [1.54, 1.807) is 11.3 Å². The molecule has 1 aliphatic heterocycles. The normalized spacial score (nSPS) is 31.0. The molecular formula is C17H20O5S. The Morgan fingerprint density at radius 3 is 2.48 bits per heavy atom. The lowest BCUT2D eigenvalue weighted by Gasteiger charge is -2.33. The van der Waals surface area contributed by atoms with E-state index in [4.69, 9.17) is 14.2 Å². The molecular weight excluding hydrogens is 316 g/mol. The van der Waals surface area contributed by atoms with Crippen LogP contribution in [0.4, 0.5) is 0 Å². The maximum atomic E-state index is 12.6. The Morgan fingerprint density at radius 1 is 1.30 bits per heavy atom. The van der Waals surface area contributed by atoms with Crippen LogP contribution in [0.3, 0.4) is 0 Å². The molecule has 1 saturated carbocycles. The number of carbonyl (C=O) groups is 2. The highest BCUT2D eigenvalue weighted by Gasteiger charge is 2.71. The quantitative estimate of drug-likeness (QED) is 0.627. The molecule has 23 heavy (non-hydrogen) atoms. The molecule has 1 aromatic rings. The number of thiophene rings is 1. The fourth-order valence-electron chi connectivity index (χ4n) is 4.16. The van der Waals surface area contributed by atoms with Crippen molar-refractivity contribution in [1.29, 1.82) is 0 Å². The minimum absolute atomic E-state index is 0.0839. The van der Waals surface area contributed by atoms with Crippen LogP contribution >= 0.6 is 11.3 Å². The van der Waals surface area contributed by atoms with Crippen molar-refractivity contribution in [1.82, 2.24) is 0 Å². The Kier molecular flexibility index (Phi) is 3.75. The number of ether oxygens (including phenoxy) is 3. The van der Waals surface area contributed by atoms with Crippen LogP contribution in [0.2, 0.25) is 0 Å². The third-order valence-electron chi connectivity index (χ3n) is 5.13. The van der Waals surface area contributed by atoms with Gasteiger partial charge in [-0.2, -0.15) is 0 Å². The molecule has 3 atom stereocenters. The zero-order valence-corrected chi connectivity index (χ0v) is 14.4. The molecule has 6 heteroatoms. The number of hydrogen-bond donors (Lipinski definition) is 0. The Labute approximate surface area is 139 Å². The Morgan fingerprint density at radius 2 is 1.96 bits per heavy atom. The highest BCUT2D eigenvalue weighted by atomic mass is 32.1. The molecule has 1 fully saturated rings. The monoisotopic (exact) mass is 336 g/mol. The number of rotatable bonds is 3. The molecule has 2 aliphatic rings. The third kappa shape index (κ3) is 2.04. The summed E-state index contributed by atoms with van der Waals surface area (Å²) in [7, 11) is 2.60. The molecule has 0 radical (unpaired) electrons. The summed E-state index contributed by atoms with van der Waals surface area (Å²) < 4.78 is 16.1. The average molecular weight is 336 g/mol.